The zero-order chi connectivity index (χ0) is 14.0. The molecule has 1 unspecified atom stereocenters. The van der Waals surface area contributed by atoms with E-state index in [9.17, 15) is 0 Å². The Labute approximate surface area is 122 Å². The summed E-state index contributed by atoms with van der Waals surface area (Å²) >= 11 is 3.61. The second-order valence-corrected chi connectivity index (χ2v) is 5.47. The van der Waals surface area contributed by atoms with Gasteiger partial charge in [0, 0.05) is 19.9 Å². The molecule has 0 fully saturated rings. The Hall–Kier alpha value is -1.07. The van der Waals surface area contributed by atoms with Crippen molar-refractivity contribution in [1.82, 2.24) is 15.1 Å². The molecule has 4 nitrogen and oxygen atoms in total. The highest BCUT2D eigenvalue weighted by Gasteiger charge is 2.19. The van der Waals surface area contributed by atoms with Gasteiger partial charge in [-0.3, -0.25) is 4.68 Å². The quantitative estimate of drug-likeness (QED) is 0.918. The first-order valence-electron chi connectivity index (χ1n) is 6.50. The Morgan fingerprint density at radius 2 is 2.21 bits per heavy atom. The topological polar surface area (TPSA) is 43.0 Å². The van der Waals surface area contributed by atoms with Crippen LogP contribution in [0.25, 0.3) is 0 Å². The van der Waals surface area contributed by atoms with E-state index in [0.29, 0.717) is 0 Å². The van der Waals surface area contributed by atoms with Crippen molar-refractivity contribution >= 4 is 15.9 Å². The molecule has 1 N–H and O–H groups in total. The fourth-order valence-corrected chi connectivity index (χ4v) is 2.71. The molecular weight excluding hydrogens is 306 g/mol. The average molecular weight is 326 g/mol. The van der Waals surface area contributed by atoms with E-state index in [2.05, 4.69) is 39.3 Å². The van der Waals surface area contributed by atoms with Crippen molar-refractivity contribution in [2.75, 3.05) is 7.05 Å². The number of nitrogens with one attached hydrogen (secondary N) is 1. The molecule has 19 heavy (non-hydrogen) atoms. The van der Waals surface area contributed by atoms with Gasteiger partial charge in [-0.05, 0) is 42.0 Å². The molecule has 0 radical (unpaired) electrons. The van der Waals surface area contributed by atoms with Gasteiger partial charge >= 0.3 is 0 Å². The fraction of sp³-hybridized carbons (Fsp3) is 0.500. The number of aromatic nitrogens is 2. The van der Waals surface area contributed by atoms with E-state index < -0.39 is 0 Å². The molecule has 0 aliphatic rings. The van der Waals surface area contributed by atoms with E-state index in [0.717, 1.165) is 34.5 Å². The van der Waals surface area contributed by atoms with Gasteiger partial charge in [0.1, 0.15) is 11.5 Å². The minimum absolute atomic E-state index is 0.159. The van der Waals surface area contributed by atoms with Crippen molar-refractivity contribution in [2.24, 2.45) is 7.05 Å². The van der Waals surface area contributed by atoms with Crippen LogP contribution in [0.4, 0.5) is 0 Å². The fourth-order valence-electron chi connectivity index (χ4n) is 2.21. The zero-order valence-electron chi connectivity index (χ0n) is 11.8. The smallest absolute Gasteiger partial charge is 0.121 e. The zero-order valence-corrected chi connectivity index (χ0v) is 13.4. The molecule has 0 aromatic carbocycles. The molecule has 5 heteroatoms. The highest BCUT2D eigenvalue weighted by atomic mass is 79.9. The summed E-state index contributed by atoms with van der Waals surface area (Å²) in [5.74, 6) is 2.00. The molecular formula is C14H20BrN3O. The van der Waals surface area contributed by atoms with Crippen molar-refractivity contribution in [3.8, 4) is 0 Å². The van der Waals surface area contributed by atoms with Crippen LogP contribution in [0.3, 0.4) is 0 Å². The third-order valence-corrected chi connectivity index (χ3v) is 4.41. The van der Waals surface area contributed by atoms with Crippen LogP contribution in [0, 0.1) is 6.92 Å². The van der Waals surface area contributed by atoms with E-state index in [4.69, 9.17) is 4.42 Å². The summed E-state index contributed by atoms with van der Waals surface area (Å²) in [4.78, 5) is 0. The lowest BCUT2D eigenvalue weighted by Crippen LogP contribution is -2.19. The third-order valence-electron chi connectivity index (χ3n) is 3.38. The maximum atomic E-state index is 5.84. The minimum Gasteiger partial charge on any atom is -0.464 e. The third kappa shape index (κ3) is 2.92. The highest BCUT2D eigenvalue weighted by molar-refractivity contribution is 9.10. The molecule has 2 aromatic heterocycles. The summed E-state index contributed by atoms with van der Waals surface area (Å²) in [5.41, 5.74) is 2.19. The summed E-state index contributed by atoms with van der Waals surface area (Å²) in [5, 5.41) is 7.74. The van der Waals surface area contributed by atoms with E-state index in [1.165, 1.54) is 5.69 Å². The number of furan rings is 1. The molecule has 0 saturated carbocycles. The Morgan fingerprint density at radius 3 is 2.68 bits per heavy atom. The van der Waals surface area contributed by atoms with Gasteiger partial charge < -0.3 is 9.73 Å². The summed E-state index contributed by atoms with van der Waals surface area (Å²) in [6.45, 7) is 4.10. The Kier molecular flexibility index (Phi) is 4.47. The molecule has 104 valence electrons. The summed E-state index contributed by atoms with van der Waals surface area (Å²) in [6.07, 6.45) is 1.76. The largest absolute Gasteiger partial charge is 0.464 e. The van der Waals surface area contributed by atoms with Gasteiger partial charge in [-0.25, -0.2) is 0 Å². The molecule has 0 bridgehead atoms. The van der Waals surface area contributed by atoms with Crippen molar-refractivity contribution < 1.29 is 4.42 Å². The molecule has 0 saturated heterocycles. The Morgan fingerprint density at radius 1 is 1.47 bits per heavy atom. The van der Waals surface area contributed by atoms with Crippen LogP contribution in [0.2, 0.25) is 0 Å². The van der Waals surface area contributed by atoms with Crippen LogP contribution in [0.15, 0.2) is 21.0 Å². The Balaban J connectivity index is 2.23. The van der Waals surface area contributed by atoms with Crippen molar-refractivity contribution in [1.29, 1.82) is 0 Å². The lowest BCUT2D eigenvalue weighted by Gasteiger charge is -2.14. The second kappa shape index (κ2) is 5.92. The van der Waals surface area contributed by atoms with Gasteiger partial charge in [0.2, 0.25) is 0 Å². The maximum absolute atomic E-state index is 5.84. The molecule has 0 amide bonds. The number of halogens is 1. The number of hydrogen-bond donors (Lipinski definition) is 1. The number of likely N-dealkylation sites (N-methyl/N-ethyl adjacent to an activating group) is 1. The molecule has 0 aliphatic heterocycles. The van der Waals surface area contributed by atoms with E-state index in [-0.39, 0.29) is 6.04 Å². The van der Waals surface area contributed by atoms with E-state index in [1.54, 1.807) is 0 Å². The monoisotopic (exact) mass is 325 g/mol. The lowest BCUT2D eigenvalue weighted by atomic mass is 10.1. The maximum Gasteiger partial charge on any atom is 0.121 e. The van der Waals surface area contributed by atoms with Crippen molar-refractivity contribution in [2.45, 2.75) is 32.7 Å². The van der Waals surface area contributed by atoms with Crippen LogP contribution in [0.1, 0.15) is 35.9 Å². The highest BCUT2D eigenvalue weighted by Crippen LogP contribution is 2.26. The van der Waals surface area contributed by atoms with Gasteiger partial charge in [0.25, 0.3) is 0 Å². The van der Waals surface area contributed by atoms with Crippen LogP contribution >= 0.6 is 15.9 Å². The van der Waals surface area contributed by atoms with Crippen LogP contribution in [0.5, 0.6) is 0 Å². The number of rotatable bonds is 5. The lowest BCUT2D eigenvalue weighted by molar-refractivity contribution is 0.402. The standard InChI is InChI=1S/C14H20BrN3O/c1-5-10-6-7-13(19-10)11(16-3)8-12-14(15)9(2)17-18(12)4/h6-7,11,16H,5,8H2,1-4H3. The molecule has 2 heterocycles. The SMILES string of the molecule is CCc1ccc(C(Cc2c(Br)c(C)nn2C)NC)o1. The van der Waals surface area contributed by atoms with Crippen molar-refractivity contribution in [3.05, 3.63) is 39.5 Å². The van der Waals surface area contributed by atoms with Gasteiger partial charge in [0.05, 0.1) is 21.9 Å². The number of aryl methyl sites for hydroxylation is 3. The molecule has 0 aliphatic carbocycles. The minimum atomic E-state index is 0.159. The van der Waals surface area contributed by atoms with Crippen molar-refractivity contribution in [3.63, 3.8) is 0 Å². The van der Waals surface area contributed by atoms with E-state index >= 15 is 0 Å². The molecule has 2 rings (SSSR count). The first-order chi connectivity index (χ1) is 9.06. The first kappa shape index (κ1) is 14.3. The summed E-state index contributed by atoms with van der Waals surface area (Å²) < 4.78 is 8.84. The van der Waals surface area contributed by atoms with Crippen LogP contribution < -0.4 is 5.32 Å². The van der Waals surface area contributed by atoms with E-state index in [1.807, 2.05) is 31.8 Å². The van der Waals surface area contributed by atoms with Gasteiger partial charge in [-0.1, -0.05) is 6.92 Å². The predicted octanol–water partition coefficient (Wildman–Crippen LogP) is 3.15. The first-order valence-corrected chi connectivity index (χ1v) is 7.30. The summed E-state index contributed by atoms with van der Waals surface area (Å²) in [7, 11) is 3.93. The Bertz CT molecular complexity index is 559. The summed E-state index contributed by atoms with van der Waals surface area (Å²) in [6, 6.07) is 4.26. The normalized spacial score (nSPS) is 12.9. The number of nitrogens with zero attached hydrogens (tertiary/aromatic N) is 2. The molecule has 1 atom stereocenters. The average Bonchev–Trinajstić information content (AvgIpc) is 2.95. The van der Waals surface area contributed by atoms with Gasteiger partial charge in [-0.2, -0.15) is 5.10 Å². The molecule has 2 aromatic rings. The second-order valence-electron chi connectivity index (χ2n) is 4.67. The van der Waals surface area contributed by atoms with Crippen LogP contribution in [-0.2, 0) is 19.9 Å². The van der Waals surface area contributed by atoms with Gasteiger partial charge in [-0.15, -0.1) is 0 Å². The van der Waals surface area contributed by atoms with Crippen LogP contribution in [-0.4, -0.2) is 16.8 Å². The van der Waals surface area contributed by atoms with Gasteiger partial charge in [0.15, 0.2) is 0 Å². The molecule has 0 spiro atoms. The predicted molar refractivity (Wildman–Crippen MR) is 79.2 cm³/mol. The number of hydrogen-bond acceptors (Lipinski definition) is 3.